The van der Waals surface area contributed by atoms with Crippen LogP contribution in [0.5, 0.6) is 5.88 Å². The molecule has 1 aromatic rings. The van der Waals surface area contributed by atoms with Crippen molar-refractivity contribution in [3.63, 3.8) is 0 Å². The van der Waals surface area contributed by atoms with E-state index in [1.54, 1.807) is 13.3 Å². The van der Waals surface area contributed by atoms with E-state index in [-0.39, 0.29) is 0 Å². The average Bonchev–Trinajstić information content (AvgIpc) is 2.63. The van der Waals surface area contributed by atoms with E-state index >= 15 is 0 Å². The summed E-state index contributed by atoms with van der Waals surface area (Å²) in [6.07, 6.45) is 6.80. The number of methoxy groups -OCH3 is 1. The van der Waals surface area contributed by atoms with Crippen molar-refractivity contribution in [2.24, 2.45) is 5.73 Å². The zero-order valence-corrected chi connectivity index (χ0v) is 10.4. The molecule has 1 saturated heterocycles. The lowest BCUT2D eigenvalue weighted by atomic mass is 10.1. The molecule has 0 aromatic carbocycles. The minimum atomic E-state index is 0.449. The second kappa shape index (κ2) is 5.87. The van der Waals surface area contributed by atoms with Crippen LogP contribution in [0, 0.1) is 0 Å². The van der Waals surface area contributed by atoms with Crippen molar-refractivity contribution < 1.29 is 4.74 Å². The van der Waals surface area contributed by atoms with Crippen molar-refractivity contribution in [2.75, 3.05) is 25.1 Å². The molecule has 4 nitrogen and oxygen atoms in total. The first-order valence-electron chi connectivity index (χ1n) is 6.32. The largest absolute Gasteiger partial charge is 0.481 e. The zero-order valence-electron chi connectivity index (χ0n) is 10.4. The molecule has 2 rings (SSSR count). The molecule has 1 fully saturated rings. The standard InChI is InChI=1S/C13H21N3O/c1-17-13-9-11(6-7-15-13)16-8-4-2-3-5-12(16)10-14/h6-7,9,12H,2-5,8,10,14H2,1H3. The minimum Gasteiger partial charge on any atom is -0.481 e. The van der Waals surface area contributed by atoms with Gasteiger partial charge in [0.15, 0.2) is 0 Å². The number of pyridine rings is 1. The molecule has 1 atom stereocenters. The third kappa shape index (κ3) is 2.88. The first-order chi connectivity index (χ1) is 8.35. The molecule has 4 heteroatoms. The summed E-state index contributed by atoms with van der Waals surface area (Å²) in [6.45, 7) is 1.79. The fraction of sp³-hybridized carbons (Fsp3) is 0.615. The van der Waals surface area contributed by atoms with Crippen LogP contribution in [0.15, 0.2) is 18.3 Å². The maximum absolute atomic E-state index is 5.88. The number of hydrogen-bond acceptors (Lipinski definition) is 4. The lowest BCUT2D eigenvalue weighted by Gasteiger charge is -2.31. The van der Waals surface area contributed by atoms with Crippen LogP contribution in [0.2, 0.25) is 0 Å². The number of hydrogen-bond donors (Lipinski definition) is 1. The van der Waals surface area contributed by atoms with Crippen LogP contribution < -0.4 is 15.4 Å². The Balaban J connectivity index is 2.21. The molecule has 0 spiro atoms. The minimum absolute atomic E-state index is 0.449. The van der Waals surface area contributed by atoms with Crippen molar-refractivity contribution in [1.82, 2.24) is 4.98 Å². The molecule has 1 unspecified atom stereocenters. The van der Waals surface area contributed by atoms with E-state index in [1.807, 2.05) is 12.1 Å². The van der Waals surface area contributed by atoms with Crippen molar-refractivity contribution in [3.8, 4) is 5.88 Å². The summed E-state index contributed by atoms with van der Waals surface area (Å²) < 4.78 is 5.18. The average molecular weight is 235 g/mol. The molecule has 2 N–H and O–H groups in total. The molecule has 1 aromatic heterocycles. The Morgan fingerprint density at radius 1 is 1.47 bits per heavy atom. The maximum Gasteiger partial charge on any atom is 0.214 e. The number of nitrogens with two attached hydrogens (primary N) is 1. The van der Waals surface area contributed by atoms with Crippen LogP contribution >= 0.6 is 0 Å². The molecule has 1 aliphatic heterocycles. The summed E-state index contributed by atoms with van der Waals surface area (Å²) in [5.41, 5.74) is 7.06. The quantitative estimate of drug-likeness (QED) is 0.868. The first kappa shape index (κ1) is 12.2. The normalized spacial score (nSPS) is 21.1. The van der Waals surface area contributed by atoms with Gasteiger partial charge in [0.05, 0.1) is 7.11 Å². The molecule has 94 valence electrons. The van der Waals surface area contributed by atoms with Gasteiger partial charge in [0.25, 0.3) is 0 Å². The second-order valence-corrected chi connectivity index (χ2v) is 4.49. The molecule has 0 bridgehead atoms. The topological polar surface area (TPSA) is 51.4 Å². The van der Waals surface area contributed by atoms with Crippen molar-refractivity contribution in [1.29, 1.82) is 0 Å². The van der Waals surface area contributed by atoms with E-state index in [4.69, 9.17) is 10.5 Å². The number of aromatic nitrogens is 1. The number of anilines is 1. The molecule has 2 heterocycles. The Bertz CT molecular complexity index is 356. The van der Waals surface area contributed by atoms with E-state index in [9.17, 15) is 0 Å². The summed E-state index contributed by atoms with van der Waals surface area (Å²) >= 11 is 0. The summed E-state index contributed by atoms with van der Waals surface area (Å²) in [6, 6.07) is 4.48. The molecular weight excluding hydrogens is 214 g/mol. The Morgan fingerprint density at radius 2 is 2.35 bits per heavy atom. The van der Waals surface area contributed by atoms with Crippen molar-refractivity contribution in [2.45, 2.75) is 31.7 Å². The van der Waals surface area contributed by atoms with Crippen LogP contribution in [-0.4, -0.2) is 31.2 Å². The Morgan fingerprint density at radius 3 is 3.12 bits per heavy atom. The second-order valence-electron chi connectivity index (χ2n) is 4.49. The van der Waals surface area contributed by atoms with Gasteiger partial charge in [-0.25, -0.2) is 4.98 Å². The van der Waals surface area contributed by atoms with Crippen LogP contribution in [0.4, 0.5) is 5.69 Å². The summed E-state index contributed by atoms with van der Waals surface area (Å²) in [4.78, 5) is 6.55. The monoisotopic (exact) mass is 235 g/mol. The zero-order chi connectivity index (χ0) is 12.1. The van der Waals surface area contributed by atoms with Crippen molar-refractivity contribution >= 4 is 5.69 Å². The third-order valence-corrected chi connectivity index (χ3v) is 3.41. The van der Waals surface area contributed by atoms with Crippen LogP contribution in [0.1, 0.15) is 25.7 Å². The van der Waals surface area contributed by atoms with Gasteiger partial charge in [-0.2, -0.15) is 0 Å². The van der Waals surface area contributed by atoms with Crippen LogP contribution in [-0.2, 0) is 0 Å². The Hall–Kier alpha value is -1.29. The number of nitrogens with zero attached hydrogens (tertiary/aromatic N) is 2. The van der Waals surface area contributed by atoms with E-state index in [0.29, 0.717) is 18.5 Å². The van der Waals surface area contributed by atoms with Crippen LogP contribution in [0.25, 0.3) is 0 Å². The summed E-state index contributed by atoms with van der Waals surface area (Å²) in [7, 11) is 1.65. The highest BCUT2D eigenvalue weighted by atomic mass is 16.5. The number of rotatable bonds is 3. The SMILES string of the molecule is COc1cc(N2CCCCCC2CN)ccn1. The van der Waals surface area contributed by atoms with Crippen LogP contribution in [0.3, 0.4) is 0 Å². The molecule has 0 radical (unpaired) electrons. The van der Waals surface area contributed by atoms with Gasteiger partial charge in [0.1, 0.15) is 0 Å². The lowest BCUT2D eigenvalue weighted by molar-refractivity contribution is 0.397. The smallest absolute Gasteiger partial charge is 0.214 e. The molecule has 0 saturated carbocycles. The van der Waals surface area contributed by atoms with Gasteiger partial charge in [0, 0.05) is 37.1 Å². The summed E-state index contributed by atoms with van der Waals surface area (Å²) in [5, 5.41) is 0. The molecule has 1 aliphatic rings. The van der Waals surface area contributed by atoms with Crippen molar-refractivity contribution in [3.05, 3.63) is 18.3 Å². The molecule has 0 amide bonds. The third-order valence-electron chi connectivity index (χ3n) is 3.41. The van der Waals surface area contributed by atoms with Gasteiger partial charge in [-0.15, -0.1) is 0 Å². The lowest BCUT2D eigenvalue weighted by Crippen LogP contribution is -2.40. The molecule has 17 heavy (non-hydrogen) atoms. The predicted molar refractivity (Wildman–Crippen MR) is 69.4 cm³/mol. The number of ether oxygens (including phenoxy) is 1. The van der Waals surface area contributed by atoms with Gasteiger partial charge in [-0.3, -0.25) is 0 Å². The van der Waals surface area contributed by atoms with Gasteiger partial charge < -0.3 is 15.4 Å². The van der Waals surface area contributed by atoms with E-state index in [0.717, 1.165) is 6.54 Å². The van der Waals surface area contributed by atoms with E-state index in [2.05, 4.69) is 9.88 Å². The highest BCUT2D eigenvalue weighted by Crippen LogP contribution is 2.25. The van der Waals surface area contributed by atoms with Gasteiger partial charge in [-0.1, -0.05) is 12.8 Å². The summed E-state index contributed by atoms with van der Waals surface area (Å²) in [5.74, 6) is 0.669. The Labute approximate surface area is 103 Å². The van der Waals surface area contributed by atoms with Gasteiger partial charge in [-0.05, 0) is 18.9 Å². The fourth-order valence-electron chi connectivity index (χ4n) is 2.45. The first-order valence-corrected chi connectivity index (χ1v) is 6.32. The Kier molecular flexibility index (Phi) is 4.20. The molecular formula is C13H21N3O. The highest BCUT2D eigenvalue weighted by molar-refractivity contribution is 5.49. The van der Waals surface area contributed by atoms with Gasteiger partial charge in [0.2, 0.25) is 5.88 Å². The van der Waals surface area contributed by atoms with E-state index in [1.165, 1.54) is 31.4 Å². The molecule has 0 aliphatic carbocycles. The highest BCUT2D eigenvalue weighted by Gasteiger charge is 2.20. The maximum atomic E-state index is 5.88. The predicted octanol–water partition coefficient (Wildman–Crippen LogP) is 1.80. The van der Waals surface area contributed by atoms with Gasteiger partial charge >= 0.3 is 0 Å². The fourth-order valence-corrected chi connectivity index (χ4v) is 2.45. The van der Waals surface area contributed by atoms with E-state index < -0.39 is 0 Å².